The Balaban J connectivity index is 1.86. The van der Waals surface area contributed by atoms with E-state index in [9.17, 15) is 18.0 Å². The Bertz CT molecular complexity index is 780. The molecule has 10 heteroatoms. The van der Waals surface area contributed by atoms with E-state index in [1.165, 1.54) is 16.2 Å². The third-order valence-corrected chi connectivity index (χ3v) is 5.05. The molecule has 2 aromatic rings. The summed E-state index contributed by atoms with van der Waals surface area (Å²) in [5.74, 6) is -0.997. The summed E-state index contributed by atoms with van der Waals surface area (Å²) in [6.45, 7) is 5.97. The first-order chi connectivity index (χ1) is 11.2. The first-order valence-electron chi connectivity index (χ1n) is 7.44. The maximum absolute atomic E-state index is 12.9. The van der Waals surface area contributed by atoms with Crippen LogP contribution in [0.2, 0.25) is 0 Å². The van der Waals surface area contributed by atoms with Crippen molar-refractivity contribution in [2.24, 2.45) is 0 Å². The Morgan fingerprint density at radius 3 is 2.58 bits per heavy atom. The van der Waals surface area contributed by atoms with Gasteiger partial charge >= 0.3 is 6.18 Å². The zero-order valence-electron chi connectivity index (χ0n) is 13.4. The first kappa shape index (κ1) is 16.9. The van der Waals surface area contributed by atoms with Crippen molar-refractivity contribution in [1.29, 1.82) is 0 Å². The van der Waals surface area contributed by atoms with Gasteiger partial charge in [0.2, 0.25) is 5.82 Å². The van der Waals surface area contributed by atoms with Crippen LogP contribution in [0.5, 0.6) is 0 Å². The molecule has 0 spiro atoms. The molecule has 2 aromatic heterocycles. The smallest absolute Gasteiger partial charge is 0.328 e. The minimum absolute atomic E-state index is 0.00395. The zero-order valence-corrected chi connectivity index (χ0v) is 14.2. The Kier molecular flexibility index (Phi) is 4.10. The van der Waals surface area contributed by atoms with Crippen LogP contribution in [0.4, 0.5) is 13.2 Å². The average Bonchev–Trinajstić information content (AvgIpc) is 3.08. The molecule has 24 heavy (non-hydrogen) atoms. The number of rotatable bonds is 2. The fraction of sp³-hybridized carbons (Fsp3) is 0.571. The summed E-state index contributed by atoms with van der Waals surface area (Å²) in [6.07, 6.45) is -4.55. The van der Waals surface area contributed by atoms with Crippen molar-refractivity contribution in [2.45, 2.75) is 46.0 Å². The van der Waals surface area contributed by atoms with Gasteiger partial charge in [-0.2, -0.15) is 13.2 Å². The van der Waals surface area contributed by atoms with Gasteiger partial charge in [0, 0.05) is 18.0 Å². The van der Waals surface area contributed by atoms with E-state index in [2.05, 4.69) is 15.2 Å². The van der Waals surface area contributed by atoms with E-state index in [0.717, 1.165) is 14.5 Å². The fourth-order valence-corrected chi connectivity index (χ4v) is 3.60. The van der Waals surface area contributed by atoms with Gasteiger partial charge in [-0.3, -0.25) is 4.79 Å². The van der Waals surface area contributed by atoms with Gasteiger partial charge in [-0.25, -0.2) is 4.98 Å². The highest BCUT2D eigenvalue weighted by Crippen LogP contribution is 2.31. The van der Waals surface area contributed by atoms with Crippen molar-refractivity contribution in [2.75, 3.05) is 6.54 Å². The van der Waals surface area contributed by atoms with Crippen molar-refractivity contribution in [1.82, 2.24) is 24.6 Å². The molecule has 0 radical (unpaired) electrons. The Morgan fingerprint density at radius 1 is 1.25 bits per heavy atom. The first-order valence-corrected chi connectivity index (χ1v) is 8.26. The number of carbonyl (C=O) groups is 1. The lowest BCUT2D eigenvalue weighted by Crippen LogP contribution is -2.39. The van der Waals surface area contributed by atoms with Crippen LogP contribution in [0.3, 0.4) is 0 Å². The van der Waals surface area contributed by atoms with Gasteiger partial charge in [-0.1, -0.05) is 13.8 Å². The van der Waals surface area contributed by atoms with E-state index in [4.69, 9.17) is 0 Å². The molecule has 3 rings (SSSR count). The summed E-state index contributed by atoms with van der Waals surface area (Å²) in [5.41, 5.74) is 0.386. The molecule has 130 valence electrons. The second-order valence-corrected chi connectivity index (χ2v) is 7.15. The standard InChI is InChI=1S/C14H16F3N5OS/c1-7(2)11-10(18-8(3)24-11)12(23)21-4-5-22-9(6-21)19-20-13(22)14(15,16)17/h7H,4-6H2,1-3H3. The molecular weight excluding hydrogens is 343 g/mol. The molecule has 0 aliphatic carbocycles. The van der Waals surface area contributed by atoms with Crippen molar-refractivity contribution < 1.29 is 18.0 Å². The minimum atomic E-state index is -4.55. The number of amides is 1. The quantitative estimate of drug-likeness (QED) is 0.827. The van der Waals surface area contributed by atoms with E-state index < -0.39 is 12.0 Å². The molecule has 0 saturated heterocycles. The molecule has 0 N–H and O–H groups in total. The predicted octanol–water partition coefficient (Wildman–Crippen LogP) is 2.84. The lowest BCUT2D eigenvalue weighted by molar-refractivity contribution is -0.147. The summed E-state index contributed by atoms with van der Waals surface area (Å²) >= 11 is 1.47. The Hall–Kier alpha value is -1.97. The number of halogens is 3. The third kappa shape index (κ3) is 2.90. The van der Waals surface area contributed by atoms with Crippen LogP contribution in [0, 0.1) is 6.92 Å². The number of hydrogen-bond donors (Lipinski definition) is 0. The predicted molar refractivity (Wildman–Crippen MR) is 80.7 cm³/mol. The van der Waals surface area contributed by atoms with E-state index in [0.29, 0.717) is 5.69 Å². The summed E-state index contributed by atoms with van der Waals surface area (Å²) < 4.78 is 39.6. The number of hydrogen-bond acceptors (Lipinski definition) is 5. The topological polar surface area (TPSA) is 63.9 Å². The second-order valence-electron chi connectivity index (χ2n) is 5.92. The van der Waals surface area contributed by atoms with Gasteiger partial charge < -0.3 is 9.47 Å². The number of carbonyl (C=O) groups excluding carboxylic acids is 1. The van der Waals surface area contributed by atoms with Gasteiger partial charge in [0.1, 0.15) is 5.69 Å². The molecular formula is C14H16F3N5OS. The fourth-order valence-electron chi connectivity index (χ4n) is 2.68. The van der Waals surface area contributed by atoms with Gasteiger partial charge in [0.25, 0.3) is 5.91 Å². The number of alkyl halides is 3. The highest BCUT2D eigenvalue weighted by Gasteiger charge is 2.40. The minimum Gasteiger partial charge on any atom is -0.328 e. The molecule has 1 amide bonds. The Labute approximate surface area is 140 Å². The summed E-state index contributed by atoms with van der Waals surface area (Å²) in [4.78, 5) is 19.4. The highest BCUT2D eigenvalue weighted by molar-refractivity contribution is 7.12. The summed E-state index contributed by atoms with van der Waals surface area (Å²) in [6, 6.07) is 0. The largest absolute Gasteiger partial charge is 0.451 e. The maximum Gasteiger partial charge on any atom is 0.451 e. The third-order valence-electron chi connectivity index (χ3n) is 3.78. The van der Waals surface area contributed by atoms with Gasteiger partial charge in [-0.15, -0.1) is 21.5 Å². The van der Waals surface area contributed by atoms with Crippen molar-refractivity contribution >= 4 is 17.2 Å². The van der Waals surface area contributed by atoms with Crippen LogP contribution in [0.15, 0.2) is 0 Å². The van der Waals surface area contributed by atoms with E-state index >= 15 is 0 Å². The SMILES string of the molecule is Cc1nc(C(=O)N2CCn3c(nnc3C(F)(F)F)C2)c(C(C)C)s1. The summed E-state index contributed by atoms with van der Waals surface area (Å²) in [7, 11) is 0. The molecule has 0 aromatic carbocycles. The number of aryl methyl sites for hydroxylation is 1. The summed E-state index contributed by atoms with van der Waals surface area (Å²) in [5, 5.41) is 7.61. The maximum atomic E-state index is 12.9. The van der Waals surface area contributed by atoms with Crippen LogP contribution in [-0.4, -0.2) is 37.1 Å². The van der Waals surface area contributed by atoms with E-state index in [1.54, 1.807) is 0 Å². The second kappa shape index (κ2) is 5.83. The van der Waals surface area contributed by atoms with Crippen molar-refractivity contribution in [3.8, 4) is 0 Å². The number of nitrogens with zero attached hydrogens (tertiary/aromatic N) is 5. The van der Waals surface area contributed by atoms with Crippen LogP contribution in [0.25, 0.3) is 0 Å². The zero-order chi connectivity index (χ0) is 17.6. The molecule has 0 fully saturated rings. The average molecular weight is 359 g/mol. The molecule has 0 bridgehead atoms. The highest BCUT2D eigenvalue weighted by atomic mass is 32.1. The lowest BCUT2D eigenvalue weighted by atomic mass is 10.1. The molecule has 0 unspecified atom stereocenters. The van der Waals surface area contributed by atoms with Gasteiger partial charge in [-0.05, 0) is 12.8 Å². The normalized spacial score (nSPS) is 15.0. The van der Waals surface area contributed by atoms with E-state index in [1.807, 2.05) is 20.8 Å². The molecule has 3 heterocycles. The van der Waals surface area contributed by atoms with Crippen LogP contribution in [0.1, 0.15) is 51.8 Å². The molecule has 6 nitrogen and oxygen atoms in total. The number of fused-ring (bicyclic) bond motifs is 1. The van der Waals surface area contributed by atoms with Crippen LogP contribution in [-0.2, 0) is 19.3 Å². The van der Waals surface area contributed by atoms with E-state index in [-0.39, 0.29) is 37.3 Å². The van der Waals surface area contributed by atoms with Crippen molar-refractivity contribution in [3.63, 3.8) is 0 Å². The van der Waals surface area contributed by atoms with Gasteiger partial charge in [0.05, 0.1) is 11.6 Å². The molecule has 1 aliphatic rings. The number of thiazole rings is 1. The van der Waals surface area contributed by atoms with Crippen molar-refractivity contribution in [3.05, 3.63) is 27.2 Å². The Morgan fingerprint density at radius 2 is 1.96 bits per heavy atom. The monoisotopic (exact) mass is 359 g/mol. The number of aromatic nitrogens is 4. The molecule has 1 aliphatic heterocycles. The van der Waals surface area contributed by atoms with Gasteiger partial charge in [0.15, 0.2) is 5.82 Å². The van der Waals surface area contributed by atoms with Crippen LogP contribution < -0.4 is 0 Å². The molecule has 0 saturated carbocycles. The lowest BCUT2D eigenvalue weighted by Gasteiger charge is -2.28. The molecule has 0 atom stereocenters. The van der Waals surface area contributed by atoms with Crippen LogP contribution >= 0.6 is 11.3 Å².